The number of unbranched alkanes of at least 4 members (excludes halogenated alkanes) is 4. The number of nitrogens with one attached hydrogen (secondary N) is 13. The van der Waals surface area contributed by atoms with Gasteiger partial charge < -0.3 is 121 Å². The van der Waals surface area contributed by atoms with E-state index in [2.05, 4.69) is 66.7 Å². The molecule has 115 heavy (non-hydrogen) atoms. The lowest BCUT2D eigenvalue weighted by Gasteiger charge is -2.32. The highest BCUT2D eigenvalue weighted by atomic mass is 16.5. The first kappa shape index (κ1) is 97.3. The molecule has 15 atom stereocenters. The molecule has 2 unspecified atom stereocenters. The lowest BCUT2D eigenvalue weighted by molar-refractivity contribution is -0.159. The summed E-state index contributed by atoms with van der Waals surface area (Å²) in [6, 6.07) is -15.1. The molecule has 0 spiro atoms. The molecule has 15 amide bonds. The van der Waals surface area contributed by atoms with Crippen LogP contribution in [0, 0.1) is 11.8 Å². The van der Waals surface area contributed by atoms with Crippen molar-refractivity contribution in [1.29, 1.82) is 0 Å². The van der Waals surface area contributed by atoms with Gasteiger partial charge in [0.15, 0.2) is 6.10 Å². The van der Waals surface area contributed by atoms with Gasteiger partial charge in [-0.2, -0.15) is 0 Å². The zero-order chi connectivity index (χ0) is 86.5. The number of primary amides is 2. The van der Waals surface area contributed by atoms with Gasteiger partial charge in [0.1, 0.15) is 72.6 Å². The van der Waals surface area contributed by atoms with Crippen LogP contribution in [-0.4, -0.2) is 259 Å². The number of fused-ring (bicyclic) bond motifs is 1. The van der Waals surface area contributed by atoms with E-state index in [1.807, 2.05) is 16.0 Å². The summed E-state index contributed by atoms with van der Waals surface area (Å²) >= 11 is 0. The number of esters is 1. The number of nitrogens with zero attached hydrogens (tertiary/aromatic N) is 1. The van der Waals surface area contributed by atoms with Gasteiger partial charge in [-0.3, -0.25) is 86.3 Å². The maximum atomic E-state index is 14.9. The van der Waals surface area contributed by atoms with Crippen LogP contribution in [0.2, 0.25) is 0 Å². The van der Waals surface area contributed by atoms with E-state index < -0.39 is 267 Å². The van der Waals surface area contributed by atoms with Crippen molar-refractivity contribution in [2.45, 2.75) is 242 Å². The first-order valence-corrected chi connectivity index (χ1v) is 37.5. The summed E-state index contributed by atoms with van der Waals surface area (Å²) < 4.78 is 5.78. The quantitative estimate of drug-likeness (QED) is 0.0222. The summed E-state index contributed by atoms with van der Waals surface area (Å²) in [5, 5.41) is 77.1. The van der Waals surface area contributed by atoms with E-state index in [-0.39, 0.29) is 38.6 Å². The number of aliphatic hydroxyl groups excluding tert-OH is 1. The van der Waals surface area contributed by atoms with Crippen LogP contribution < -0.4 is 81.0 Å². The first-order valence-electron chi connectivity index (χ1n) is 37.5. The van der Waals surface area contributed by atoms with Crippen LogP contribution in [0.4, 0.5) is 0 Å². The minimum Gasteiger partial charge on any atom is -0.481 e. The molecule has 2 aromatic rings. The standard InChI is InChI=1S/C72H109N17O26/c1-8-35(3)18-12-10-11-13-22-51(92)79-45(28-39-32-76-41-20-15-14-19-40(39)41)65(106)82-43(23-25-54(95)96)62(103)85-47(30-50(75)91)68(109)87-58-38(6)115-72(114)57(36(4)9-2)86-64(105)44(24-26-55(97)98)83-66(107)46(29-49(74)90)80-52(93)33-77-69(110)59(60(101)71(112)113)88-63(104)42(21-16-17-27-73)81-67(108)48(31-56(99)100)84-61(102)37(5)78-53(94)34-89(7)70(58)111/h14-15,19-20,32,35-38,42-48,57-60,76,101H,8-13,16-18,21-31,33-34,73H2,1-7H3,(H2,74,90)(H2,75,91)(H,77,110)(H,78,94)(H,79,92)(H,80,93)(H,81,108)(H,82,106)(H,83,107)(H,84,102)(H,85,103)(H,86,105)(H,87,109)(H,88,104)(H,95,96)(H,97,98)(H,99,100)(H,112,113)/t35?,36-,37-,38+,42+,43+,44-,45-,46+,47-,48-,57-,58-,59-,60?/m0/s1. The fraction of sp³-hybridized carbons (Fsp3) is 0.611. The number of aliphatic hydroxyl groups is 1. The van der Waals surface area contributed by atoms with E-state index in [4.69, 9.17) is 21.9 Å². The number of aromatic amines is 1. The fourth-order valence-electron chi connectivity index (χ4n) is 11.7. The Morgan fingerprint density at radius 1 is 0.583 bits per heavy atom. The maximum Gasteiger partial charge on any atom is 0.335 e. The number of carboxylic acid groups (broad SMARTS) is 4. The Morgan fingerprint density at radius 2 is 1.17 bits per heavy atom. The van der Waals surface area contributed by atoms with Crippen molar-refractivity contribution < 1.29 is 126 Å². The van der Waals surface area contributed by atoms with Crippen molar-refractivity contribution in [3.8, 4) is 0 Å². The summed E-state index contributed by atoms with van der Waals surface area (Å²) in [4.78, 5) is 276. The third kappa shape index (κ3) is 34.1. The second-order valence-electron chi connectivity index (χ2n) is 28.1. The van der Waals surface area contributed by atoms with Crippen LogP contribution in [0.25, 0.3) is 10.9 Å². The predicted molar refractivity (Wildman–Crippen MR) is 402 cm³/mol. The molecule has 1 aliphatic heterocycles. The SMILES string of the molecule is CCC(C)CCCCCCC(=O)N[C@@H](Cc1c[nH]c2ccccc12)C(=O)N[C@H](CCC(=O)O)C(=O)N[C@@H](CC(N)=O)C(=O)N[C@@H]1C(=O)N(C)CC(=O)N[C@@H](C)C(=O)N[C@@H](CC(=O)O)C(=O)N[C@H](CCCCN)C(=O)N[C@@H](C(O)C(=O)O)C(=O)NCC(=O)N[C@H](CC(N)=O)C(=O)N[C@@H](CCC(=O)O)C(=O)N[C@@H]([C@@H](C)CC)C(=O)O[C@@H]1C. The molecular formula is C72H109N17O26. The number of carbonyl (C=O) groups excluding carboxylic acids is 16. The smallest absolute Gasteiger partial charge is 0.335 e. The van der Waals surface area contributed by atoms with Gasteiger partial charge in [0.25, 0.3) is 0 Å². The molecule has 1 aliphatic rings. The zero-order valence-corrected chi connectivity index (χ0v) is 65.1. The Labute approximate surface area is 660 Å². The van der Waals surface area contributed by atoms with E-state index in [9.17, 15) is 121 Å². The van der Waals surface area contributed by atoms with Gasteiger partial charge in [-0.25, -0.2) is 9.59 Å². The fourth-order valence-corrected chi connectivity index (χ4v) is 11.7. The van der Waals surface area contributed by atoms with Gasteiger partial charge >= 0.3 is 29.8 Å². The molecule has 638 valence electrons. The number of hydrogen-bond donors (Lipinski definition) is 21. The molecule has 2 heterocycles. The Morgan fingerprint density at radius 3 is 1.76 bits per heavy atom. The highest BCUT2D eigenvalue weighted by Gasteiger charge is 2.42. The highest BCUT2D eigenvalue weighted by Crippen LogP contribution is 2.21. The first-order chi connectivity index (χ1) is 54.1. The molecule has 0 radical (unpaired) electrons. The number of carboxylic acids is 4. The number of rotatable bonds is 37. The molecule has 24 N–H and O–H groups in total. The summed E-state index contributed by atoms with van der Waals surface area (Å²) in [6.07, 6.45) is -5.39. The van der Waals surface area contributed by atoms with E-state index in [0.29, 0.717) is 40.1 Å². The molecular weight excluding hydrogens is 1520 g/mol. The number of aromatic nitrogens is 1. The van der Waals surface area contributed by atoms with E-state index >= 15 is 0 Å². The van der Waals surface area contributed by atoms with E-state index in [1.54, 1.807) is 30.5 Å². The Kier molecular flexibility index (Phi) is 41.3. The average molecular weight is 1630 g/mol. The molecule has 1 aromatic carbocycles. The van der Waals surface area contributed by atoms with E-state index in [0.717, 1.165) is 46.6 Å². The Hall–Kier alpha value is -11.9. The zero-order valence-electron chi connectivity index (χ0n) is 65.1. The van der Waals surface area contributed by atoms with Crippen LogP contribution in [-0.2, 0) is 107 Å². The Bertz CT molecular complexity index is 3820. The van der Waals surface area contributed by atoms with Gasteiger partial charge in [-0.05, 0) is 82.4 Å². The van der Waals surface area contributed by atoms with Crippen molar-refractivity contribution in [1.82, 2.24) is 73.7 Å². The summed E-state index contributed by atoms with van der Waals surface area (Å²) in [5.41, 5.74) is 17.9. The molecule has 0 aliphatic carbocycles. The molecule has 1 fully saturated rings. The van der Waals surface area contributed by atoms with Crippen molar-refractivity contribution in [2.75, 3.05) is 26.7 Å². The minimum atomic E-state index is -2.83. The van der Waals surface area contributed by atoms with Gasteiger partial charge in [0, 0.05) is 49.8 Å². The number of cyclic esters (lactones) is 1. The minimum absolute atomic E-state index is 0.00143. The number of ether oxygens (including phenoxy) is 1. The van der Waals surface area contributed by atoms with Crippen LogP contribution in [0.5, 0.6) is 0 Å². The number of aliphatic carboxylic acids is 4. The average Bonchev–Trinajstić information content (AvgIpc) is 1.64. The van der Waals surface area contributed by atoms with Crippen LogP contribution >= 0.6 is 0 Å². The number of para-hydroxylation sites is 1. The van der Waals surface area contributed by atoms with Crippen LogP contribution in [0.1, 0.15) is 163 Å². The second kappa shape index (κ2) is 48.9. The number of hydrogen-bond acceptors (Lipinski definition) is 23. The van der Waals surface area contributed by atoms with Gasteiger partial charge in [-0.1, -0.05) is 84.4 Å². The lowest BCUT2D eigenvalue weighted by atomic mass is 9.98. The van der Waals surface area contributed by atoms with E-state index in [1.165, 1.54) is 13.8 Å². The third-order valence-electron chi connectivity index (χ3n) is 18.7. The highest BCUT2D eigenvalue weighted by molar-refractivity contribution is 6.02. The summed E-state index contributed by atoms with van der Waals surface area (Å²) in [6.45, 7) is 6.76. The second-order valence-corrected chi connectivity index (χ2v) is 28.1. The largest absolute Gasteiger partial charge is 0.481 e. The lowest BCUT2D eigenvalue weighted by Crippen LogP contribution is -2.62. The van der Waals surface area contributed by atoms with Crippen molar-refractivity contribution in [2.24, 2.45) is 29.0 Å². The number of carbonyl (C=O) groups is 20. The number of H-pyrrole nitrogens is 1. The van der Waals surface area contributed by atoms with Crippen LogP contribution in [0.3, 0.4) is 0 Å². The molecule has 1 aromatic heterocycles. The topological polar surface area (TPSA) is 693 Å². The van der Waals surface area contributed by atoms with Gasteiger partial charge in [0.05, 0.1) is 32.4 Å². The monoisotopic (exact) mass is 1630 g/mol. The van der Waals surface area contributed by atoms with Gasteiger partial charge in [-0.15, -0.1) is 0 Å². The number of nitrogens with two attached hydrogens (primary N) is 3. The van der Waals surface area contributed by atoms with Crippen molar-refractivity contribution in [3.05, 3.63) is 36.0 Å². The third-order valence-corrected chi connectivity index (χ3v) is 18.7. The molecule has 3 rings (SSSR count). The number of benzene rings is 1. The van der Waals surface area contributed by atoms with Crippen molar-refractivity contribution in [3.63, 3.8) is 0 Å². The predicted octanol–water partition coefficient (Wildman–Crippen LogP) is -5.45. The molecule has 43 nitrogen and oxygen atoms in total. The Balaban J connectivity index is 2.24. The van der Waals surface area contributed by atoms with Gasteiger partial charge in [0.2, 0.25) is 88.6 Å². The van der Waals surface area contributed by atoms with Crippen LogP contribution in [0.15, 0.2) is 30.5 Å². The number of likely N-dealkylation sites (N-methyl/N-ethyl adjacent to an activating group) is 1. The van der Waals surface area contributed by atoms with Crippen molar-refractivity contribution >= 4 is 129 Å². The molecule has 0 saturated carbocycles. The summed E-state index contributed by atoms with van der Waals surface area (Å²) in [5.74, 6) is -28.4. The molecule has 1 saturated heterocycles. The molecule has 43 heteroatoms. The summed E-state index contributed by atoms with van der Waals surface area (Å²) in [7, 11) is 0.935. The molecule has 0 bridgehead atoms. The number of amides is 15. The maximum absolute atomic E-state index is 14.9. The normalized spacial score (nSPS) is 21.9.